The molecule has 2 heterocycles. The molecule has 2 aliphatic rings. The molecule has 1 N–H and O–H groups in total. The predicted octanol–water partition coefficient (Wildman–Crippen LogP) is -0.580. The number of rotatable bonds is 1. The first kappa shape index (κ1) is 7.59. The van der Waals surface area contributed by atoms with Crippen molar-refractivity contribution in [1.29, 1.82) is 0 Å². The third kappa shape index (κ3) is 0.804. The fraction of sp³-hybridized carbons (Fsp3) is 1.00. The fourth-order valence-electron chi connectivity index (χ4n) is 1.82. The summed E-state index contributed by atoms with van der Waals surface area (Å²) in [5.41, 5.74) is -0.510. The molecule has 11 heavy (non-hydrogen) atoms. The molecule has 0 amide bonds. The summed E-state index contributed by atoms with van der Waals surface area (Å²) in [6.45, 7) is 2.44. The van der Waals surface area contributed by atoms with Crippen LogP contribution in [0.4, 0.5) is 0 Å². The van der Waals surface area contributed by atoms with Crippen LogP contribution >= 0.6 is 0 Å². The molecule has 2 aliphatic heterocycles. The summed E-state index contributed by atoms with van der Waals surface area (Å²) in [7, 11) is 5.56. The molecule has 2 saturated heterocycles. The van der Waals surface area contributed by atoms with Crippen molar-refractivity contribution < 1.29 is 14.6 Å². The second-order valence-electron chi connectivity index (χ2n) is 3.22. The van der Waals surface area contributed by atoms with Crippen LogP contribution in [0.3, 0.4) is 0 Å². The highest BCUT2D eigenvalue weighted by Gasteiger charge is 2.57. The highest BCUT2D eigenvalue weighted by molar-refractivity contribution is 6.11. The lowest BCUT2D eigenvalue weighted by atomic mass is 9.91. The van der Waals surface area contributed by atoms with Crippen molar-refractivity contribution in [3.8, 4) is 0 Å². The Balaban J connectivity index is 2.24. The van der Waals surface area contributed by atoms with Gasteiger partial charge in [-0.25, -0.2) is 0 Å². The number of fused-ring (bicyclic) bond motifs is 2. The van der Waals surface area contributed by atoms with Gasteiger partial charge < -0.3 is 14.6 Å². The van der Waals surface area contributed by atoms with Gasteiger partial charge in [0, 0.05) is 6.00 Å². The molecule has 2 radical (unpaired) electrons. The van der Waals surface area contributed by atoms with Gasteiger partial charge in [0.15, 0.2) is 0 Å². The molecule has 2 rings (SSSR count). The molecule has 4 heteroatoms. The molecular formula is C7H11BO3. The molecular weight excluding hydrogens is 143 g/mol. The van der Waals surface area contributed by atoms with Crippen molar-refractivity contribution in [3.05, 3.63) is 0 Å². The first-order chi connectivity index (χ1) is 5.19. The van der Waals surface area contributed by atoms with Crippen molar-refractivity contribution >= 4 is 7.85 Å². The topological polar surface area (TPSA) is 38.7 Å². The third-order valence-corrected chi connectivity index (χ3v) is 2.66. The van der Waals surface area contributed by atoms with Crippen LogP contribution in [0.25, 0.3) is 0 Å². The summed E-state index contributed by atoms with van der Waals surface area (Å²) in [6, 6.07) is -0.446. The first-order valence-corrected chi connectivity index (χ1v) is 3.93. The van der Waals surface area contributed by atoms with Gasteiger partial charge in [-0.3, -0.25) is 0 Å². The van der Waals surface area contributed by atoms with E-state index < -0.39 is 17.7 Å². The van der Waals surface area contributed by atoms with Crippen LogP contribution in [0.2, 0.25) is 0 Å². The van der Waals surface area contributed by atoms with E-state index in [0.717, 1.165) is 6.42 Å². The van der Waals surface area contributed by atoms with Gasteiger partial charge in [0.2, 0.25) is 0 Å². The summed E-state index contributed by atoms with van der Waals surface area (Å²) in [4.78, 5) is 0. The molecule has 1 unspecified atom stereocenters. The molecule has 0 aliphatic carbocycles. The molecule has 0 aromatic rings. The van der Waals surface area contributed by atoms with E-state index in [2.05, 4.69) is 0 Å². The minimum atomic E-state index is -0.539. The summed E-state index contributed by atoms with van der Waals surface area (Å²) in [5, 5.41) is 9.62. The predicted molar refractivity (Wildman–Crippen MR) is 39.4 cm³/mol. The van der Waals surface area contributed by atoms with Crippen LogP contribution in [-0.4, -0.2) is 43.4 Å². The number of hydrogen-bond acceptors (Lipinski definition) is 3. The van der Waals surface area contributed by atoms with Gasteiger partial charge >= 0.3 is 0 Å². The summed E-state index contributed by atoms with van der Waals surface area (Å²) >= 11 is 0. The van der Waals surface area contributed by atoms with E-state index in [9.17, 15) is 5.11 Å². The maximum atomic E-state index is 9.62. The van der Waals surface area contributed by atoms with E-state index in [0.29, 0.717) is 6.61 Å². The van der Waals surface area contributed by atoms with Crippen LogP contribution in [-0.2, 0) is 9.47 Å². The van der Waals surface area contributed by atoms with Crippen LogP contribution in [0.1, 0.15) is 13.3 Å². The van der Waals surface area contributed by atoms with Gasteiger partial charge in [-0.15, -0.1) is 0 Å². The minimum absolute atomic E-state index is 0.310. The van der Waals surface area contributed by atoms with Crippen molar-refractivity contribution in [2.75, 3.05) is 6.61 Å². The first-order valence-electron chi connectivity index (χ1n) is 3.93. The number of ether oxygens (including phenoxy) is 2. The van der Waals surface area contributed by atoms with Crippen molar-refractivity contribution in [1.82, 2.24) is 0 Å². The molecule has 4 atom stereocenters. The van der Waals surface area contributed by atoms with Crippen LogP contribution in [0, 0.1) is 0 Å². The second-order valence-corrected chi connectivity index (χ2v) is 3.22. The van der Waals surface area contributed by atoms with E-state index in [1.165, 1.54) is 0 Å². The highest BCUT2D eigenvalue weighted by Crippen LogP contribution is 2.40. The Morgan fingerprint density at radius 2 is 2.45 bits per heavy atom. The zero-order valence-corrected chi connectivity index (χ0v) is 6.49. The second kappa shape index (κ2) is 2.22. The van der Waals surface area contributed by atoms with Gasteiger partial charge in [0.1, 0.15) is 25.7 Å². The third-order valence-electron chi connectivity index (χ3n) is 2.66. The van der Waals surface area contributed by atoms with Gasteiger partial charge in [-0.05, 0) is 6.42 Å². The zero-order valence-electron chi connectivity index (χ0n) is 6.49. The summed E-state index contributed by atoms with van der Waals surface area (Å²) < 4.78 is 10.7. The molecule has 2 bridgehead atoms. The smallest absolute Gasteiger partial charge is 0.119 e. The summed E-state index contributed by atoms with van der Waals surface area (Å²) in [6.07, 6.45) is -0.101. The molecule has 0 saturated carbocycles. The Hall–Kier alpha value is -0.0551. The summed E-state index contributed by atoms with van der Waals surface area (Å²) in [5.74, 6) is 0. The lowest BCUT2D eigenvalue weighted by molar-refractivity contribution is -0.118. The Morgan fingerprint density at radius 1 is 1.73 bits per heavy atom. The molecule has 0 aromatic carbocycles. The standard InChI is InChI=1S/C7H11BO3/c1-2-7-3-10-4(5(7)9)6(8)11-7/h4-6,9H,2-3H2,1H3/t4?,5-,6-,7+/m1/s1. The van der Waals surface area contributed by atoms with Gasteiger partial charge in [0.25, 0.3) is 0 Å². The normalized spacial score (nSPS) is 55.3. The minimum Gasteiger partial charge on any atom is -0.387 e. The van der Waals surface area contributed by atoms with E-state index in [1.807, 2.05) is 6.92 Å². The molecule has 3 nitrogen and oxygen atoms in total. The van der Waals surface area contributed by atoms with Crippen molar-refractivity contribution in [2.24, 2.45) is 0 Å². The Labute approximate surface area is 67.1 Å². The van der Waals surface area contributed by atoms with Crippen molar-refractivity contribution in [3.63, 3.8) is 0 Å². The fourth-order valence-corrected chi connectivity index (χ4v) is 1.82. The Morgan fingerprint density at radius 3 is 2.73 bits per heavy atom. The van der Waals surface area contributed by atoms with Crippen molar-refractivity contribution in [2.45, 2.75) is 37.2 Å². The van der Waals surface area contributed by atoms with Gasteiger partial charge in [-0.2, -0.15) is 0 Å². The molecule has 2 fully saturated rings. The molecule has 0 aromatic heterocycles. The van der Waals surface area contributed by atoms with Gasteiger partial charge in [0.05, 0.1) is 6.61 Å². The van der Waals surface area contributed by atoms with E-state index in [-0.39, 0.29) is 6.10 Å². The maximum absolute atomic E-state index is 9.62. The number of hydrogen-bond donors (Lipinski definition) is 1. The van der Waals surface area contributed by atoms with Crippen LogP contribution in [0.5, 0.6) is 0 Å². The Kier molecular flexibility index (Phi) is 1.53. The quantitative estimate of drug-likeness (QED) is 0.513. The van der Waals surface area contributed by atoms with E-state index in [4.69, 9.17) is 17.3 Å². The largest absolute Gasteiger partial charge is 0.387 e. The average Bonchev–Trinajstić information content (AvgIpc) is 2.42. The van der Waals surface area contributed by atoms with Crippen LogP contribution < -0.4 is 0 Å². The van der Waals surface area contributed by atoms with E-state index in [1.54, 1.807) is 0 Å². The molecule has 60 valence electrons. The monoisotopic (exact) mass is 154 g/mol. The van der Waals surface area contributed by atoms with Gasteiger partial charge in [-0.1, -0.05) is 6.92 Å². The average molecular weight is 154 g/mol. The maximum Gasteiger partial charge on any atom is 0.119 e. The Bertz CT molecular complexity index is 175. The zero-order chi connectivity index (χ0) is 8.06. The molecule has 0 spiro atoms. The lowest BCUT2D eigenvalue weighted by Gasteiger charge is -2.28. The van der Waals surface area contributed by atoms with Crippen LogP contribution in [0.15, 0.2) is 0 Å². The number of aliphatic hydroxyl groups is 1. The SMILES string of the molecule is [B][C@@H]1O[C@@]2(CC)COC1[C@H]2O. The lowest BCUT2D eigenvalue weighted by Crippen LogP contribution is -2.39. The number of aliphatic hydroxyl groups excluding tert-OH is 1. The highest BCUT2D eigenvalue weighted by atomic mass is 16.6. The van der Waals surface area contributed by atoms with E-state index >= 15 is 0 Å².